The van der Waals surface area contributed by atoms with E-state index in [1.54, 1.807) is 55.9 Å². The average Bonchev–Trinajstić information content (AvgIpc) is 2.81. The lowest BCUT2D eigenvalue weighted by molar-refractivity contribution is -0.120. The number of carbonyl (C=O) groups is 1. The van der Waals surface area contributed by atoms with Crippen molar-refractivity contribution in [1.29, 1.82) is 0 Å². The summed E-state index contributed by atoms with van der Waals surface area (Å²) in [6.07, 6.45) is 3.29. The van der Waals surface area contributed by atoms with E-state index in [1.165, 1.54) is 0 Å². The van der Waals surface area contributed by atoms with E-state index in [1.807, 2.05) is 25.1 Å². The monoisotopic (exact) mass is 454 g/mol. The molecule has 1 amide bonds. The second kappa shape index (κ2) is 10.8. The Morgan fingerprint density at radius 2 is 1.69 bits per heavy atom. The zero-order valence-corrected chi connectivity index (χ0v) is 18.9. The lowest BCUT2D eigenvalue weighted by atomic mass is 10.2. The molecule has 0 spiro atoms. The number of nitrogens with zero attached hydrogens (tertiary/aromatic N) is 1. The summed E-state index contributed by atoms with van der Waals surface area (Å²) in [5.74, 6) is 0.557. The molecule has 0 radical (unpaired) electrons. The minimum absolute atomic E-state index is 0.111. The van der Waals surface area contributed by atoms with Crippen LogP contribution in [0.15, 0.2) is 71.9 Å². The van der Waals surface area contributed by atoms with Crippen molar-refractivity contribution in [3.05, 3.63) is 83.7 Å². The van der Waals surface area contributed by atoms with Gasteiger partial charge in [0.1, 0.15) is 6.61 Å². The quantitative estimate of drug-likeness (QED) is 0.504. The number of rotatable bonds is 10. The van der Waals surface area contributed by atoms with Crippen molar-refractivity contribution in [1.82, 2.24) is 10.3 Å². The van der Waals surface area contributed by atoms with Crippen molar-refractivity contribution in [2.75, 3.05) is 12.9 Å². The molecule has 0 saturated heterocycles. The van der Waals surface area contributed by atoms with Gasteiger partial charge in [-0.15, -0.1) is 0 Å². The normalized spacial score (nSPS) is 11.1. The van der Waals surface area contributed by atoms with E-state index < -0.39 is 9.84 Å². The van der Waals surface area contributed by atoms with Crippen LogP contribution in [0.4, 0.5) is 0 Å². The largest absolute Gasteiger partial charge is 0.493 e. The lowest BCUT2D eigenvalue weighted by Crippen LogP contribution is -2.25. The number of amides is 1. The predicted molar refractivity (Wildman–Crippen MR) is 121 cm³/mol. The zero-order chi connectivity index (χ0) is 23.0. The Hall–Kier alpha value is -3.39. The summed E-state index contributed by atoms with van der Waals surface area (Å²) in [7, 11) is -1.95. The molecule has 8 heteroatoms. The van der Waals surface area contributed by atoms with Crippen molar-refractivity contribution in [2.24, 2.45) is 0 Å². The smallest absolute Gasteiger partial charge is 0.221 e. The van der Waals surface area contributed by atoms with Gasteiger partial charge in [0.25, 0.3) is 0 Å². The van der Waals surface area contributed by atoms with Crippen molar-refractivity contribution in [3.63, 3.8) is 0 Å². The lowest BCUT2D eigenvalue weighted by Gasteiger charge is -2.13. The highest BCUT2D eigenvalue weighted by molar-refractivity contribution is 7.91. The zero-order valence-electron chi connectivity index (χ0n) is 18.1. The van der Waals surface area contributed by atoms with Crippen LogP contribution >= 0.6 is 0 Å². The topological polar surface area (TPSA) is 94.6 Å². The van der Waals surface area contributed by atoms with Crippen molar-refractivity contribution in [3.8, 4) is 11.5 Å². The summed E-state index contributed by atoms with van der Waals surface area (Å²) in [6.45, 7) is 2.52. The molecule has 2 aromatic carbocycles. The van der Waals surface area contributed by atoms with Crippen LogP contribution in [0, 0.1) is 6.92 Å². The number of pyridine rings is 1. The number of benzene rings is 2. The number of hydrogen-bond donors (Lipinski definition) is 1. The Kier molecular flexibility index (Phi) is 7.83. The van der Waals surface area contributed by atoms with Gasteiger partial charge in [-0.2, -0.15) is 0 Å². The van der Waals surface area contributed by atoms with Gasteiger partial charge in [0.05, 0.1) is 17.8 Å². The molecule has 0 saturated carbocycles. The molecule has 0 aliphatic heterocycles. The third-order valence-corrected chi connectivity index (χ3v) is 6.57. The van der Waals surface area contributed by atoms with Crippen molar-refractivity contribution < 1.29 is 22.7 Å². The molecule has 0 fully saturated rings. The first-order chi connectivity index (χ1) is 15.4. The van der Waals surface area contributed by atoms with Gasteiger partial charge in [0.2, 0.25) is 5.91 Å². The summed E-state index contributed by atoms with van der Waals surface area (Å²) in [5.41, 5.74) is 2.78. The van der Waals surface area contributed by atoms with Crippen molar-refractivity contribution >= 4 is 15.7 Å². The molecule has 3 aromatic rings. The van der Waals surface area contributed by atoms with Crippen LogP contribution in [0.3, 0.4) is 0 Å². The van der Waals surface area contributed by atoms with Crippen LogP contribution in [0.5, 0.6) is 11.5 Å². The maximum atomic E-state index is 12.4. The highest BCUT2D eigenvalue weighted by Crippen LogP contribution is 2.28. The minimum atomic E-state index is -3.50. The van der Waals surface area contributed by atoms with Gasteiger partial charge in [-0.1, -0.05) is 23.8 Å². The molecule has 0 atom stereocenters. The van der Waals surface area contributed by atoms with E-state index in [2.05, 4.69) is 10.3 Å². The Morgan fingerprint density at radius 3 is 2.38 bits per heavy atom. The molecule has 7 nitrogen and oxygen atoms in total. The summed E-state index contributed by atoms with van der Waals surface area (Å²) in [5, 5.41) is 2.75. The molecule has 0 aliphatic carbocycles. The van der Waals surface area contributed by atoms with Gasteiger partial charge in [0, 0.05) is 25.4 Å². The molecular weight excluding hydrogens is 428 g/mol. The first-order valence-electron chi connectivity index (χ1n) is 10.1. The van der Waals surface area contributed by atoms with Crippen molar-refractivity contribution in [2.45, 2.75) is 31.4 Å². The number of aromatic nitrogens is 1. The molecular formula is C24H26N2O5S. The number of methoxy groups -OCH3 is 1. The van der Waals surface area contributed by atoms with E-state index in [4.69, 9.17) is 9.47 Å². The molecule has 3 rings (SSSR count). The van der Waals surface area contributed by atoms with E-state index in [0.29, 0.717) is 18.1 Å². The fourth-order valence-corrected chi connectivity index (χ4v) is 4.20. The fourth-order valence-electron chi connectivity index (χ4n) is 2.96. The summed E-state index contributed by atoms with van der Waals surface area (Å²) in [6, 6.07) is 15.7. The summed E-state index contributed by atoms with van der Waals surface area (Å²) in [4.78, 5) is 16.4. The third-order valence-electron chi connectivity index (χ3n) is 4.84. The maximum absolute atomic E-state index is 12.4. The fraction of sp³-hybridized carbons (Fsp3) is 0.250. The predicted octanol–water partition coefficient (Wildman–Crippen LogP) is 3.46. The second-order valence-corrected chi connectivity index (χ2v) is 9.40. The summed E-state index contributed by atoms with van der Waals surface area (Å²) < 4.78 is 36.0. The number of sulfone groups is 1. The molecule has 1 heterocycles. The molecule has 0 bridgehead atoms. The van der Waals surface area contributed by atoms with Gasteiger partial charge >= 0.3 is 0 Å². The van der Waals surface area contributed by atoms with E-state index in [9.17, 15) is 13.2 Å². The van der Waals surface area contributed by atoms with Crippen LogP contribution in [0.2, 0.25) is 0 Å². The Balaban J connectivity index is 1.52. The molecule has 1 aromatic heterocycles. The molecule has 0 unspecified atom stereocenters. The standard InChI is InChI=1S/C24H26N2O5S/c1-18-3-6-21(7-4-18)32(28,29)14-11-24(27)26-16-20-5-8-22(23(15-20)30-2)31-17-19-9-12-25-13-10-19/h3-10,12-13,15H,11,14,16-17H2,1-2H3,(H,26,27). The third kappa shape index (κ3) is 6.55. The SMILES string of the molecule is COc1cc(CNC(=O)CCS(=O)(=O)c2ccc(C)cc2)ccc1OCc1ccncc1. The van der Waals surface area contributed by atoms with Gasteiger partial charge in [-0.05, 0) is 54.4 Å². The summed E-state index contributed by atoms with van der Waals surface area (Å²) >= 11 is 0. The molecule has 0 aliphatic rings. The molecule has 32 heavy (non-hydrogen) atoms. The van der Waals surface area contributed by atoms with Crippen LogP contribution < -0.4 is 14.8 Å². The molecule has 1 N–H and O–H groups in total. The van der Waals surface area contributed by atoms with Crippen LogP contribution in [0.1, 0.15) is 23.1 Å². The van der Waals surface area contributed by atoms with E-state index in [0.717, 1.165) is 16.7 Å². The number of ether oxygens (including phenoxy) is 2. The van der Waals surface area contributed by atoms with Gasteiger partial charge in [-0.3, -0.25) is 9.78 Å². The number of nitrogens with one attached hydrogen (secondary N) is 1. The number of hydrogen-bond acceptors (Lipinski definition) is 6. The Morgan fingerprint density at radius 1 is 0.969 bits per heavy atom. The molecule has 168 valence electrons. The van der Waals surface area contributed by atoms with Gasteiger partial charge < -0.3 is 14.8 Å². The van der Waals surface area contributed by atoms with Gasteiger partial charge in [-0.25, -0.2) is 8.42 Å². The first-order valence-corrected chi connectivity index (χ1v) is 11.8. The number of aryl methyl sites for hydroxylation is 1. The van der Waals surface area contributed by atoms with Gasteiger partial charge in [0.15, 0.2) is 21.3 Å². The van der Waals surface area contributed by atoms with E-state index in [-0.39, 0.29) is 29.5 Å². The van der Waals surface area contributed by atoms with E-state index >= 15 is 0 Å². The average molecular weight is 455 g/mol. The highest BCUT2D eigenvalue weighted by atomic mass is 32.2. The maximum Gasteiger partial charge on any atom is 0.221 e. The second-order valence-electron chi connectivity index (χ2n) is 7.29. The van der Waals surface area contributed by atoms with Crippen LogP contribution in [0.25, 0.3) is 0 Å². The Labute approximate surface area is 188 Å². The Bertz CT molecular complexity index is 1150. The minimum Gasteiger partial charge on any atom is -0.493 e. The highest BCUT2D eigenvalue weighted by Gasteiger charge is 2.16. The van der Waals surface area contributed by atoms with Crippen LogP contribution in [-0.2, 0) is 27.8 Å². The number of carbonyl (C=O) groups excluding carboxylic acids is 1. The first kappa shape index (κ1) is 23.3. The van der Waals surface area contributed by atoms with Crippen LogP contribution in [-0.4, -0.2) is 32.2 Å².